The van der Waals surface area contributed by atoms with Crippen LogP contribution >= 0.6 is 11.3 Å². The van der Waals surface area contributed by atoms with E-state index in [1.54, 1.807) is 11.3 Å². The lowest BCUT2D eigenvalue weighted by Crippen LogP contribution is -2.38. The maximum atomic E-state index is 12.5. The molecule has 0 bridgehead atoms. The van der Waals surface area contributed by atoms with Crippen LogP contribution in [0.1, 0.15) is 45.4 Å². The minimum Gasteiger partial charge on any atom is -0.335 e. The molecule has 1 heterocycles. The zero-order chi connectivity index (χ0) is 15.1. The normalized spacial score (nSPS) is 12.9. The van der Waals surface area contributed by atoms with Crippen molar-refractivity contribution in [1.82, 2.24) is 4.90 Å². The van der Waals surface area contributed by atoms with Crippen LogP contribution in [0.15, 0.2) is 17.5 Å². The molecular formula is C16H28N2OS. The number of thiophene rings is 1. The van der Waals surface area contributed by atoms with Crippen LogP contribution in [0.2, 0.25) is 0 Å². The fraction of sp³-hybridized carbons (Fsp3) is 0.688. The summed E-state index contributed by atoms with van der Waals surface area (Å²) in [5.74, 6) is 1.11. The fourth-order valence-corrected chi connectivity index (χ4v) is 3.13. The van der Waals surface area contributed by atoms with Crippen LogP contribution in [0, 0.1) is 11.8 Å². The number of nitrogens with two attached hydrogens (primary N) is 1. The Morgan fingerprint density at radius 2 is 2.05 bits per heavy atom. The van der Waals surface area contributed by atoms with Crippen molar-refractivity contribution >= 4 is 17.2 Å². The van der Waals surface area contributed by atoms with Gasteiger partial charge in [-0.3, -0.25) is 4.79 Å². The number of hydrogen-bond donors (Lipinski definition) is 1. The van der Waals surface area contributed by atoms with Gasteiger partial charge in [0.25, 0.3) is 0 Å². The van der Waals surface area contributed by atoms with Gasteiger partial charge in [-0.05, 0) is 50.1 Å². The predicted octanol–water partition coefficient (Wildman–Crippen LogP) is 3.50. The highest BCUT2D eigenvalue weighted by Gasteiger charge is 2.21. The van der Waals surface area contributed by atoms with E-state index in [0.717, 1.165) is 6.42 Å². The summed E-state index contributed by atoms with van der Waals surface area (Å²) in [6.07, 6.45) is 1.59. The summed E-state index contributed by atoms with van der Waals surface area (Å²) >= 11 is 1.70. The second-order valence-electron chi connectivity index (χ2n) is 6.13. The summed E-state index contributed by atoms with van der Waals surface area (Å²) in [6, 6.07) is 4.34. The van der Waals surface area contributed by atoms with Gasteiger partial charge in [-0.25, -0.2) is 0 Å². The predicted molar refractivity (Wildman–Crippen MR) is 86.6 cm³/mol. The molecule has 1 amide bonds. The fourth-order valence-electron chi connectivity index (χ4n) is 2.42. The third-order valence-corrected chi connectivity index (χ3v) is 4.31. The summed E-state index contributed by atoms with van der Waals surface area (Å²) in [5, 5.41) is 2.06. The molecule has 2 N–H and O–H groups in total. The molecule has 0 unspecified atom stereocenters. The molecule has 0 aliphatic carbocycles. The lowest BCUT2D eigenvalue weighted by atomic mass is 9.93. The highest BCUT2D eigenvalue weighted by Crippen LogP contribution is 2.19. The first-order chi connectivity index (χ1) is 9.43. The van der Waals surface area contributed by atoms with Crippen LogP contribution < -0.4 is 5.73 Å². The Bertz CT molecular complexity index is 387. The lowest BCUT2D eigenvalue weighted by molar-refractivity contribution is -0.134. The Kier molecular flexibility index (Phi) is 7.24. The topological polar surface area (TPSA) is 46.3 Å². The van der Waals surface area contributed by atoms with Crippen molar-refractivity contribution < 1.29 is 4.79 Å². The van der Waals surface area contributed by atoms with Gasteiger partial charge in [0, 0.05) is 17.3 Å². The number of hydrogen-bond acceptors (Lipinski definition) is 3. The molecule has 0 saturated heterocycles. The first-order valence-corrected chi connectivity index (χ1v) is 8.33. The maximum absolute atomic E-state index is 12.5. The van der Waals surface area contributed by atoms with E-state index in [1.807, 2.05) is 11.0 Å². The Morgan fingerprint density at radius 3 is 2.50 bits per heavy atom. The summed E-state index contributed by atoms with van der Waals surface area (Å²) < 4.78 is 0. The van der Waals surface area contributed by atoms with Crippen LogP contribution in [-0.4, -0.2) is 23.4 Å². The quantitative estimate of drug-likeness (QED) is 0.798. The SMILES string of the molecule is CC(C)C[C@H](CN)CC(=O)N(Cc1cccs1)C(C)C. The van der Waals surface area contributed by atoms with Gasteiger partial charge in [0.05, 0.1) is 6.54 Å². The molecule has 20 heavy (non-hydrogen) atoms. The van der Waals surface area contributed by atoms with E-state index in [9.17, 15) is 4.79 Å². The minimum atomic E-state index is 0.224. The third kappa shape index (κ3) is 5.63. The zero-order valence-electron chi connectivity index (χ0n) is 13.1. The van der Waals surface area contributed by atoms with Gasteiger partial charge in [-0.1, -0.05) is 19.9 Å². The van der Waals surface area contributed by atoms with E-state index in [1.165, 1.54) is 4.88 Å². The van der Waals surface area contributed by atoms with E-state index in [4.69, 9.17) is 5.73 Å². The molecule has 0 aromatic carbocycles. The summed E-state index contributed by atoms with van der Waals surface area (Å²) in [6.45, 7) is 9.82. The molecule has 114 valence electrons. The van der Waals surface area contributed by atoms with Crippen molar-refractivity contribution in [3.8, 4) is 0 Å². The molecule has 0 saturated carbocycles. The Labute approximate surface area is 127 Å². The van der Waals surface area contributed by atoms with Crippen molar-refractivity contribution in [2.75, 3.05) is 6.54 Å². The molecule has 1 rings (SSSR count). The molecule has 3 nitrogen and oxygen atoms in total. The highest BCUT2D eigenvalue weighted by molar-refractivity contribution is 7.09. The van der Waals surface area contributed by atoms with Crippen molar-refractivity contribution in [3.05, 3.63) is 22.4 Å². The smallest absolute Gasteiger partial charge is 0.223 e. The van der Waals surface area contributed by atoms with E-state index >= 15 is 0 Å². The largest absolute Gasteiger partial charge is 0.335 e. The zero-order valence-corrected chi connectivity index (χ0v) is 14.0. The van der Waals surface area contributed by atoms with Gasteiger partial charge in [0.2, 0.25) is 5.91 Å². The maximum Gasteiger partial charge on any atom is 0.223 e. The van der Waals surface area contributed by atoms with Gasteiger partial charge in [-0.15, -0.1) is 11.3 Å². The summed E-state index contributed by atoms with van der Waals surface area (Å²) in [7, 11) is 0. The second kappa shape index (κ2) is 8.42. The van der Waals surface area contributed by atoms with E-state index < -0.39 is 0 Å². The van der Waals surface area contributed by atoms with Gasteiger partial charge < -0.3 is 10.6 Å². The van der Waals surface area contributed by atoms with Crippen molar-refractivity contribution in [2.24, 2.45) is 17.6 Å². The number of nitrogens with zero attached hydrogens (tertiary/aromatic N) is 1. The first kappa shape index (κ1) is 17.2. The molecule has 0 fully saturated rings. The number of amides is 1. The Balaban J connectivity index is 2.64. The lowest BCUT2D eigenvalue weighted by Gasteiger charge is -2.28. The molecule has 0 aliphatic rings. The van der Waals surface area contributed by atoms with Gasteiger partial charge in [0.1, 0.15) is 0 Å². The standard InChI is InChI=1S/C16H28N2OS/c1-12(2)8-14(10-17)9-16(19)18(13(3)4)11-15-6-5-7-20-15/h5-7,12-14H,8-11,17H2,1-4H3/t14-/m0/s1. The molecule has 0 radical (unpaired) electrons. The average molecular weight is 296 g/mol. The Morgan fingerprint density at radius 1 is 1.35 bits per heavy atom. The van der Waals surface area contributed by atoms with Crippen LogP contribution in [0.25, 0.3) is 0 Å². The van der Waals surface area contributed by atoms with Crippen LogP contribution in [0.4, 0.5) is 0 Å². The summed E-state index contributed by atoms with van der Waals surface area (Å²) in [4.78, 5) is 15.7. The molecular weight excluding hydrogens is 268 g/mol. The van der Waals surface area contributed by atoms with Gasteiger partial charge in [0.15, 0.2) is 0 Å². The number of carbonyl (C=O) groups excluding carboxylic acids is 1. The monoisotopic (exact) mass is 296 g/mol. The highest BCUT2D eigenvalue weighted by atomic mass is 32.1. The minimum absolute atomic E-state index is 0.224. The van der Waals surface area contributed by atoms with Crippen molar-refractivity contribution in [2.45, 2.75) is 53.1 Å². The molecule has 1 aromatic heterocycles. The Hall–Kier alpha value is -0.870. The van der Waals surface area contributed by atoms with Crippen LogP contribution in [0.3, 0.4) is 0 Å². The van der Waals surface area contributed by atoms with Crippen LogP contribution in [0.5, 0.6) is 0 Å². The molecule has 4 heteroatoms. The molecule has 0 spiro atoms. The first-order valence-electron chi connectivity index (χ1n) is 7.46. The van der Waals surface area contributed by atoms with E-state index in [2.05, 4.69) is 39.1 Å². The molecule has 0 aliphatic heterocycles. The molecule has 1 aromatic rings. The van der Waals surface area contributed by atoms with Crippen LogP contribution in [-0.2, 0) is 11.3 Å². The number of carbonyl (C=O) groups is 1. The van der Waals surface area contributed by atoms with Gasteiger partial charge >= 0.3 is 0 Å². The van der Waals surface area contributed by atoms with E-state index in [-0.39, 0.29) is 11.9 Å². The van der Waals surface area contributed by atoms with Gasteiger partial charge in [-0.2, -0.15) is 0 Å². The van der Waals surface area contributed by atoms with Crippen molar-refractivity contribution in [1.29, 1.82) is 0 Å². The average Bonchev–Trinajstić information content (AvgIpc) is 2.86. The third-order valence-electron chi connectivity index (χ3n) is 3.45. The number of rotatable bonds is 8. The second-order valence-corrected chi connectivity index (χ2v) is 7.16. The molecule has 1 atom stereocenters. The van der Waals surface area contributed by atoms with Crippen molar-refractivity contribution in [3.63, 3.8) is 0 Å². The summed E-state index contributed by atoms with van der Waals surface area (Å²) in [5.41, 5.74) is 5.81. The van der Waals surface area contributed by atoms with E-state index in [0.29, 0.717) is 31.3 Å².